The molecule has 0 nitrogen and oxygen atoms in total. The first kappa shape index (κ1) is 37.2. The molecule has 1 aliphatic carbocycles. The molecule has 1 aliphatic rings. The lowest BCUT2D eigenvalue weighted by Gasteiger charge is -2.09. The Morgan fingerprint density at radius 1 is 0.350 bits per heavy atom. The van der Waals surface area contributed by atoms with Gasteiger partial charge in [0.25, 0.3) is 0 Å². The van der Waals surface area contributed by atoms with Crippen molar-refractivity contribution in [1.29, 1.82) is 0 Å². The maximum absolute atomic E-state index is 4.35. The van der Waals surface area contributed by atoms with Crippen LogP contribution in [0.2, 0.25) is 0 Å². The molecule has 0 unspecified atom stereocenters. The van der Waals surface area contributed by atoms with Gasteiger partial charge in [0.2, 0.25) is 0 Å². The molecule has 0 amide bonds. The summed E-state index contributed by atoms with van der Waals surface area (Å²) >= 11 is 0. The van der Waals surface area contributed by atoms with Crippen LogP contribution in [-0.4, -0.2) is 0 Å². The Balaban J connectivity index is 1.91. The molecular weight excluding hydrogens is 480 g/mol. The summed E-state index contributed by atoms with van der Waals surface area (Å²) in [6.45, 7) is 8.96. The number of allylic oxidation sites excluding steroid dienone is 5. The Labute approximate surface area is 254 Å². The summed E-state index contributed by atoms with van der Waals surface area (Å²) in [5.74, 6) is 0. The van der Waals surface area contributed by atoms with Gasteiger partial charge in [0.15, 0.2) is 0 Å². The minimum atomic E-state index is 1.26. The molecule has 0 N–H and O–H groups in total. The van der Waals surface area contributed by atoms with Gasteiger partial charge in [-0.3, -0.25) is 0 Å². The first-order valence-electron chi connectivity index (χ1n) is 18.9. The standard InChI is InChI=1S/C40H74/c1-4-6-8-10-12-14-16-18-20-22-24-26-28-30-32-34-39-37-36-38(3)40(39)35-33-31-29-27-25-23-21-19-17-15-13-11-9-7-5-2/h36-37H,3-35H2,1-2H3. The highest BCUT2D eigenvalue weighted by atomic mass is 14.2. The molecule has 0 atom stereocenters. The van der Waals surface area contributed by atoms with Crippen LogP contribution >= 0.6 is 0 Å². The normalized spacial score (nSPS) is 13.3. The molecule has 0 radical (unpaired) electrons. The summed E-state index contributed by atoms with van der Waals surface area (Å²) in [6.07, 6.45) is 50.5. The number of rotatable bonds is 32. The molecule has 1 rings (SSSR count). The lowest BCUT2D eigenvalue weighted by Crippen LogP contribution is -1.90. The fourth-order valence-electron chi connectivity index (χ4n) is 6.52. The molecule has 0 aromatic rings. The average molecular weight is 555 g/mol. The van der Waals surface area contributed by atoms with E-state index in [4.69, 9.17) is 0 Å². The predicted octanol–water partition coefficient (Wildman–Crippen LogP) is 14.9. The van der Waals surface area contributed by atoms with Crippen molar-refractivity contribution < 1.29 is 0 Å². The van der Waals surface area contributed by atoms with Crippen LogP contribution in [0.15, 0.2) is 35.5 Å². The highest BCUT2D eigenvalue weighted by Crippen LogP contribution is 2.31. The smallest absolute Gasteiger partial charge is 0.0270 e. The van der Waals surface area contributed by atoms with Crippen LogP contribution in [0.4, 0.5) is 0 Å². The Morgan fingerprint density at radius 3 is 0.950 bits per heavy atom. The van der Waals surface area contributed by atoms with E-state index in [9.17, 15) is 0 Å². The second-order valence-corrected chi connectivity index (χ2v) is 13.3. The van der Waals surface area contributed by atoms with Crippen LogP contribution in [0.1, 0.15) is 219 Å². The van der Waals surface area contributed by atoms with Gasteiger partial charge in [-0.05, 0) is 42.4 Å². The van der Waals surface area contributed by atoms with Gasteiger partial charge >= 0.3 is 0 Å². The quantitative estimate of drug-likeness (QED) is 0.0725. The lowest BCUT2D eigenvalue weighted by molar-refractivity contribution is 0.531. The molecule has 234 valence electrons. The highest BCUT2D eigenvalue weighted by molar-refractivity contribution is 5.52. The van der Waals surface area contributed by atoms with Crippen molar-refractivity contribution in [3.05, 3.63) is 35.5 Å². The summed E-state index contributed by atoms with van der Waals surface area (Å²) in [5.41, 5.74) is 4.52. The van der Waals surface area contributed by atoms with E-state index in [0.717, 1.165) is 0 Å². The summed E-state index contributed by atoms with van der Waals surface area (Å²) < 4.78 is 0. The molecule has 0 saturated heterocycles. The fourth-order valence-corrected chi connectivity index (χ4v) is 6.52. The van der Waals surface area contributed by atoms with Gasteiger partial charge in [0.05, 0.1) is 0 Å². The van der Waals surface area contributed by atoms with E-state index in [0.29, 0.717) is 0 Å². The van der Waals surface area contributed by atoms with Crippen molar-refractivity contribution in [2.75, 3.05) is 0 Å². The molecular formula is C40H74. The third kappa shape index (κ3) is 22.9. The van der Waals surface area contributed by atoms with Crippen molar-refractivity contribution in [3.63, 3.8) is 0 Å². The Bertz CT molecular complexity index is 570. The van der Waals surface area contributed by atoms with E-state index in [2.05, 4.69) is 32.6 Å². The lowest BCUT2D eigenvalue weighted by atomic mass is 9.96. The second-order valence-electron chi connectivity index (χ2n) is 13.3. The van der Waals surface area contributed by atoms with Crippen LogP contribution in [0.5, 0.6) is 0 Å². The van der Waals surface area contributed by atoms with E-state index in [1.54, 1.807) is 11.1 Å². The summed E-state index contributed by atoms with van der Waals surface area (Å²) in [7, 11) is 0. The molecule has 0 fully saturated rings. The van der Waals surface area contributed by atoms with Gasteiger partial charge in [0.1, 0.15) is 0 Å². The van der Waals surface area contributed by atoms with Crippen LogP contribution in [0.3, 0.4) is 0 Å². The third-order valence-corrected chi connectivity index (χ3v) is 9.34. The molecule has 0 aromatic heterocycles. The zero-order valence-electron chi connectivity index (χ0n) is 28.0. The van der Waals surface area contributed by atoms with Crippen molar-refractivity contribution >= 4 is 0 Å². The Kier molecular flexibility index (Phi) is 27.7. The van der Waals surface area contributed by atoms with E-state index < -0.39 is 0 Å². The van der Waals surface area contributed by atoms with Gasteiger partial charge in [-0.25, -0.2) is 0 Å². The summed E-state index contributed by atoms with van der Waals surface area (Å²) in [4.78, 5) is 0. The van der Waals surface area contributed by atoms with Crippen LogP contribution in [0, 0.1) is 0 Å². The third-order valence-electron chi connectivity index (χ3n) is 9.34. The van der Waals surface area contributed by atoms with Crippen molar-refractivity contribution in [3.8, 4) is 0 Å². The van der Waals surface area contributed by atoms with Gasteiger partial charge in [0, 0.05) is 0 Å². The van der Waals surface area contributed by atoms with Gasteiger partial charge in [-0.2, -0.15) is 0 Å². The van der Waals surface area contributed by atoms with E-state index in [1.807, 2.05) is 0 Å². The van der Waals surface area contributed by atoms with E-state index in [-0.39, 0.29) is 0 Å². The molecule has 0 heteroatoms. The predicted molar refractivity (Wildman–Crippen MR) is 184 cm³/mol. The number of hydrogen-bond donors (Lipinski definition) is 0. The minimum Gasteiger partial charge on any atom is -0.0915 e. The van der Waals surface area contributed by atoms with Gasteiger partial charge < -0.3 is 0 Å². The van der Waals surface area contributed by atoms with E-state index in [1.165, 1.54) is 211 Å². The van der Waals surface area contributed by atoms with Crippen LogP contribution in [0.25, 0.3) is 0 Å². The fraction of sp³-hybridized carbons (Fsp3) is 0.850. The van der Waals surface area contributed by atoms with Crippen molar-refractivity contribution in [2.45, 2.75) is 219 Å². The molecule has 40 heavy (non-hydrogen) atoms. The van der Waals surface area contributed by atoms with Crippen molar-refractivity contribution in [2.24, 2.45) is 0 Å². The average Bonchev–Trinajstić information content (AvgIpc) is 3.31. The zero-order valence-corrected chi connectivity index (χ0v) is 28.0. The topological polar surface area (TPSA) is 0 Å². The molecule has 0 bridgehead atoms. The van der Waals surface area contributed by atoms with Gasteiger partial charge in [-0.1, -0.05) is 212 Å². The first-order chi connectivity index (χ1) is 19.8. The molecule has 0 heterocycles. The maximum Gasteiger partial charge on any atom is -0.0270 e. The molecule has 0 spiro atoms. The Hall–Kier alpha value is -0.780. The largest absolute Gasteiger partial charge is 0.0915 e. The Morgan fingerprint density at radius 2 is 0.625 bits per heavy atom. The molecule has 0 aromatic carbocycles. The molecule has 0 saturated carbocycles. The van der Waals surface area contributed by atoms with Gasteiger partial charge in [-0.15, -0.1) is 0 Å². The minimum absolute atomic E-state index is 1.26. The summed E-state index contributed by atoms with van der Waals surface area (Å²) in [5, 5.41) is 0. The number of unbranched alkanes of at least 4 members (excludes halogenated alkanes) is 28. The van der Waals surface area contributed by atoms with E-state index >= 15 is 0 Å². The van der Waals surface area contributed by atoms with Crippen molar-refractivity contribution in [1.82, 2.24) is 0 Å². The molecule has 0 aliphatic heterocycles. The van der Waals surface area contributed by atoms with Crippen LogP contribution < -0.4 is 0 Å². The maximum atomic E-state index is 4.35. The first-order valence-corrected chi connectivity index (χ1v) is 18.9. The van der Waals surface area contributed by atoms with Crippen LogP contribution in [-0.2, 0) is 0 Å². The second kappa shape index (κ2) is 29.7. The summed E-state index contributed by atoms with van der Waals surface area (Å²) in [6, 6.07) is 0. The monoisotopic (exact) mass is 555 g/mol. The number of hydrogen-bond acceptors (Lipinski definition) is 0. The zero-order chi connectivity index (χ0) is 28.8. The SMILES string of the molecule is C=C1C=CC(CCCCCCCCCCCCCCCCC)=C1CCCCCCCCCCCCCCCCC. The highest BCUT2D eigenvalue weighted by Gasteiger charge is 2.12.